The molecule has 7 nitrogen and oxygen atoms in total. The van der Waals surface area contributed by atoms with Crippen molar-refractivity contribution in [1.29, 1.82) is 0 Å². The number of nitrogens with zero attached hydrogens (tertiary/aromatic N) is 3. The summed E-state index contributed by atoms with van der Waals surface area (Å²) in [5, 5.41) is 13.2. The van der Waals surface area contributed by atoms with E-state index in [2.05, 4.69) is 27.9 Å². The van der Waals surface area contributed by atoms with Gasteiger partial charge in [-0.25, -0.2) is 4.98 Å². The van der Waals surface area contributed by atoms with Gasteiger partial charge in [-0.05, 0) is 31.4 Å². The van der Waals surface area contributed by atoms with E-state index >= 15 is 0 Å². The Bertz CT molecular complexity index is 1080. The quantitative estimate of drug-likeness (QED) is 0.671. The van der Waals surface area contributed by atoms with Crippen molar-refractivity contribution in [2.45, 2.75) is 38.3 Å². The van der Waals surface area contributed by atoms with E-state index in [9.17, 15) is 5.11 Å². The van der Waals surface area contributed by atoms with Gasteiger partial charge in [0.05, 0.1) is 26.3 Å². The number of rotatable bonds is 5. The van der Waals surface area contributed by atoms with Crippen LogP contribution in [0.3, 0.4) is 0 Å². The molecule has 1 aromatic carbocycles. The third kappa shape index (κ3) is 3.27. The van der Waals surface area contributed by atoms with Crippen LogP contribution >= 0.6 is 0 Å². The molecule has 3 aromatic rings. The first-order chi connectivity index (χ1) is 15.0. The summed E-state index contributed by atoms with van der Waals surface area (Å²) >= 11 is 0. The molecule has 2 fully saturated rings. The second-order valence-electron chi connectivity index (χ2n) is 8.77. The molecule has 7 heteroatoms. The summed E-state index contributed by atoms with van der Waals surface area (Å²) in [6.45, 7) is 4.46. The maximum absolute atomic E-state index is 12.0. The zero-order valence-electron chi connectivity index (χ0n) is 18.3. The van der Waals surface area contributed by atoms with E-state index in [0.717, 1.165) is 50.2 Å². The van der Waals surface area contributed by atoms with Crippen molar-refractivity contribution in [3.63, 3.8) is 0 Å². The minimum Gasteiger partial charge on any atom is -0.481 e. The fraction of sp³-hybridized carbons (Fsp3) is 0.500. The molecule has 164 valence electrons. The predicted octanol–water partition coefficient (Wildman–Crippen LogP) is 3.67. The van der Waals surface area contributed by atoms with Crippen molar-refractivity contribution in [2.75, 3.05) is 27.3 Å². The number of ether oxygens (including phenoxy) is 2. The first kappa shape index (κ1) is 20.3. The molecular formula is C24H29N3O4. The smallest absolute Gasteiger partial charge is 0.319 e. The van der Waals surface area contributed by atoms with Crippen molar-refractivity contribution in [3.8, 4) is 11.9 Å². The highest BCUT2D eigenvalue weighted by Gasteiger charge is 2.53. The van der Waals surface area contributed by atoms with E-state index < -0.39 is 5.60 Å². The van der Waals surface area contributed by atoms with Crippen LogP contribution in [0, 0.1) is 18.8 Å². The van der Waals surface area contributed by atoms with Gasteiger partial charge in [0.1, 0.15) is 16.9 Å². The highest BCUT2D eigenvalue weighted by Crippen LogP contribution is 2.51. The number of likely N-dealkylation sites (tertiary alicyclic amines) is 1. The first-order valence-corrected chi connectivity index (χ1v) is 10.9. The number of aryl methyl sites for hydroxylation is 1. The van der Waals surface area contributed by atoms with Gasteiger partial charge in [-0.3, -0.25) is 4.90 Å². The van der Waals surface area contributed by atoms with Gasteiger partial charge >= 0.3 is 6.01 Å². The normalized spacial score (nSPS) is 26.2. The molecule has 1 unspecified atom stereocenters. The van der Waals surface area contributed by atoms with Crippen LogP contribution in [-0.4, -0.2) is 47.3 Å². The van der Waals surface area contributed by atoms with Crippen LogP contribution in [-0.2, 0) is 12.1 Å². The highest BCUT2D eigenvalue weighted by molar-refractivity contribution is 5.81. The number of aromatic nitrogens is 2. The number of hydrogen-bond donors (Lipinski definition) is 1. The Kier molecular flexibility index (Phi) is 5.10. The number of benzene rings is 1. The molecule has 2 aromatic heterocycles. The number of furan rings is 1. The Balaban J connectivity index is 1.44. The summed E-state index contributed by atoms with van der Waals surface area (Å²) in [4.78, 5) is 11.0. The fourth-order valence-electron chi connectivity index (χ4n) is 5.57. The Morgan fingerprint density at radius 1 is 1.16 bits per heavy atom. The van der Waals surface area contributed by atoms with Gasteiger partial charge in [-0.15, -0.1) is 0 Å². The van der Waals surface area contributed by atoms with E-state index in [-0.39, 0.29) is 17.8 Å². The van der Waals surface area contributed by atoms with Crippen molar-refractivity contribution in [1.82, 2.24) is 14.9 Å². The minimum absolute atomic E-state index is 0.0792. The summed E-state index contributed by atoms with van der Waals surface area (Å²) in [5.74, 6) is 1.56. The fourth-order valence-corrected chi connectivity index (χ4v) is 5.57. The summed E-state index contributed by atoms with van der Waals surface area (Å²) in [7, 11) is 3.10. The third-order valence-corrected chi connectivity index (χ3v) is 7.16. The molecule has 3 atom stereocenters. The Morgan fingerprint density at radius 3 is 2.58 bits per heavy atom. The third-order valence-electron chi connectivity index (χ3n) is 7.16. The largest absolute Gasteiger partial charge is 0.481 e. The zero-order chi connectivity index (χ0) is 21.6. The molecule has 1 N–H and O–H groups in total. The standard InChI is InChI=1S/C24H29N3O4/c1-15-18-9-4-5-10-20(18)31-21(15)14-27-12-16-7-6-8-17(13-27)24(16,28)19-11-25-23(30-3)26-22(19)29-2/h4-5,9-11,16-17,28H,6-8,12-14H2,1-3H3/t16-,17+,24?. The lowest BCUT2D eigenvalue weighted by atomic mass is 9.63. The maximum atomic E-state index is 12.0. The number of para-hydroxylation sites is 1. The highest BCUT2D eigenvalue weighted by atomic mass is 16.5. The predicted molar refractivity (Wildman–Crippen MR) is 116 cm³/mol. The lowest BCUT2D eigenvalue weighted by Crippen LogP contribution is -2.58. The summed E-state index contributed by atoms with van der Waals surface area (Å²) in [6, 6.07) is 8.42. The first-order valence-electron chi connectivity index (χ1n) is 10.9. The van der Waals surface area contributed by atoms with E-state index in [1.54, 1.807) is 13.3 Å². The van der Waals surface area contributed by atoms with Crippen LogP contribution < -0.4 is 9.47 Å². The summed E-state index contributed by atoms with van der Waals surface area (Å²) < 4.78 is 16.8. The molecule has 5 rings (SSSR count). The van der Waals surface area contributed by atoms with Crippen molar-refractivity contribution >= 4 is 11.0 Å². The lowest BCUT2D eigenvalue weighted by molar-refractivity contribution is -0.150. The zero-order valence-corrected chi connectivity index (χ0v) is 18.3. The lowest BCUT2D eigenvalue weighted by Gasteiger charge is -2.53. The average molecular weight is 424 g/mol. The van der Waals surface area contributed by atoms with Crippen LogP contribution in [0.5, 0.6) is 11.9 Å². The molecule has 31 heavy (non-hydrogen) atoms. The number of hydrogen-bond acceptors (Lipinski definition) is 7. The topological polar surface area (TPSA) is 80.9 Å². The van der Waals surface area contributed by atoms with Crippen LogP contribution in [0.1, 0.15) is 36.1 Å². The van der Waals surface area contributed by atoms with Crippen molar-refractivity contribution in [3.05, 3.63) is 47.3 Å². The Hall–Kier alpha value is -2.64. The van der Waals surface area contributed by atoms with Crippen molar-refractivity contribution in [2.24, 2.45) is 11.8 Å². The number of piperidine rings is 1. The van der Waals surface area contributed by atoms with E-state index in [0.29, 0.717) is 11.4 Å². The molecule has 3 heterocycles. The molecule has 2 bridgehead atoms. The van der Waals surface area contributed by atoms with Gasteiger partial charge in [0, 0.05) is 36.5 Å². The molecule has 0 radical (unpaired) electrons. The van der Waals surface area contributed by atoms with E-state index in [1.807, 2.05) is 18.2 Å². The number of fused-ring (bicyclic) bond motifs is 3. The molecule has 1 saturated carbocycles. The van der Waals surface area contributed by atoms with Gasteiger partial charge < -0.3 is 19.0 Å². The van der Waals surface area contributed by atoms with Gasteiger partial charge in [-0.2, -0.15) is 4.98 Å². The molecule has 2 aliphatic rings. The monoisotopic (exact) mass is 423 g/mol. The summed E-state index contributed by atoms with van der Waals surface area (Å²) in [5.41, 5.74) is 1.80. The van der Waals surface area contributed by atoms with Gasteiger partial charge in [0.15, 0.2) is 0 Å². The molecule has 0 amide bonds. The molecule has 0 spiro atoms. The number of methoxy groups -OCH3 is 2. The van der Waals surface area contributed by atoms with Crippen LogP contribution in [0.25, 0.3) is 11.0 Å². The number of aliphatic hydroxyl groups is 1. The molecular weight excluding hydrogens is 394 g/mol. The van der Waals surface area contributed by atoms with Crippen LogP contribution in [0.2, 0.25) is 0 Å². The molecule has 1 saturated heterocycles. The Morgan fingerprint density at radius 2 is 1.90 bits per heavy atom. The van der Waals surface area contributed by atoms with Gasteiger partial charge in [-0.1, -0.05) is 24.6 Å². The SMILES string of the molecule is COc1ncc(C2(O)[C@@H]3CCC[C@H]2CN(Cc2oc4ccccc4c2C)C3)c(OC)n1. The average Bonchev–Trinajstić information content (AvgIpc) is 3.09. The maximum Gasteiger partial charge on any atom is 0.319 e. The van der Waals surface area contributed by atoms with Crippen LogP contribution in [0.4, 0.5) is 0 Å². The van der Waals surface area contributed by atoms with Crippen LogP contribution in [0.15, 0.2) is 34.9 Å². The molecule has 1 aliphatic heterocycles. The molecule has 1 aliphatic carbocycles. The van der Waals surface area contributed by atoms with E-state index in [1.165, 1.54) is 18.1 Å². The van der Waals surface area contributed by atoms with Gasteiger partial charge in [0.25, 0.3) is 0 Å². The Labute approximate surface area is 182 Å². The second-order valence-corrected chi connectivity index (χ2v) is 8.77. The summed E-state index contributed by atoms with van der Waals surface area (Å²) in [6.07, 6.45) is 4.71. The van der Waals surface area contributed by atoms with E-state index in [4.69, 9.17) is 13.9 Å². The van der Waals surface area contributed by atoms with Gasteiger partial charge in [0.2, 0.25) is 5.88 Å². The second kappa shape index (κ2) is 7.80. The van der Waals surface area contributed by atoms with Crippen molar-refractivity contribution < 1.29 is 19.0 Å². The minimum atomic E-state index is -1.00.